The Kier molecular flexibility index (Phi) is 4.79. The van der Waals surface area contributed by atoms with Crippen LogP contribution in [0.1, 0.15) is 44.6 Å². The molecule has 0 aliphatic carbocycles. The van der Waals surface area contributed by atoms with Crippen LogP contribution in [0.15, 0.2) is 36.5 Å². The molecule has 0 amide bonds. The van der Waals surface area contributed by atoms with Crippen LogP contribution >= 0.6 is 0 Å². The summed E-state index contributed by atoms with van der Waals surface area (Å²) in [5.74, 6) is 0.818. The second kappa shape index (κ2) is 6.57. The van der Waals surface area contributed by atoms with Gasteiger partial charge in [-0.05, 0) is 44.0 Å². The van der Waals surface area contributed by atoms with Gasteiger partial charge >= 0.3 is 0 Å². The van der Waals surface area contributed by atoms with Crippen LogP contribution in [0.25, 0.3) is 0 Å². The van der Waals surface area contributed by atoms with E-state index in [2.05, 4.69) is 12.0 Å². The number of hydrogen-bond acceptors (Lipinski definition) is 3. The molecule has 0 bridgehead atoms. The molecule has 0 aliphatic heterocycles. The molecular formula is C16H22N2O2. The standard InChI is InChI=1S/C16H22N2O2/c1-4-11-18-15(9-10-17-18)16(19)13-5-7-14(8-6-13)20-12(2)3/h5-10,12,16,19H,4,11H2,1-3H3. The molecule has 2 aromatic rings. The maximum atomic E-state index is 10.5. The van der Waals surface area contributed by atoms with Gasteiger partial charge in [-0.25, -0.2) is 0 Å². The number of nitrogens with zero attached hydrogens (tertiary/aromatic N) is 2. The van der Waals surface area contributed by atoms with Gasteiger partial charge < -0.3 is 9.84 Å². The second-order valence-corrected chi connectivity index (χ2v) is 5.12. The lowest BCUT2D eigenvalue weighted by atomic mass is 10.1. The van der Waals surface area contributed by atoms with E-state index < -0.39 is 6.10 Å². The van der Waals surface area contributed by atoms with E-state index in [-0.39, 0.29) is 6.10 Å². The van der Waals surface area contributed by atoms with Crippen LogP contribution < -0.4 is 4.74 Å². The van der Waals surface area contributed by atoms with Crippen LogP contribution in [-0.2, 0) is 6.54 Å². The Bertz CT molecular complexity index is 532. The summed E-state index contributed by atoms with van der Waals surface area (Å²) in [6.45, 7) is 6.89. The van der Waals surface area contributed by atoms with Crippen LogP contribution in [-0.4, -0.2) is 21.0 Å². The summed E-state index contributed by atoms with van der Waals surface area (Å²) >= 11 is 0. The number of aromatic nitrogens is 2. The van der Waals surface area contributed by atoms with E-state index in [4.69, 9.17) is 4.74 Å². The topological polar surface area (TPSA) is 47.3 Å². The molecule has 20 heavy (non-hydrogen) atoms. The first-order valence-corrected chi connectivity index (χ1v) is 7.08. The summed E-state index contributed by atoms with van der Waals surface area (Å²) in [6, 6.07) is 9.42. The highest BCUT2D eigenvalue weighted by Crippen LogP contribution is 2.24. The van der Waals surface area contributed by atoms with Crippen molar-refractivity contribution in [3.05, 3.63) is 47.8 Å². The first kappa shape index (κ1) is 14.6. The van der Waals surface area contributed by atoms with Crippen molar-refractivity contribution in [1.82, 2.24) is 9.78 Å². The maximum absolute atomic E-state index is 10.5. The van der Waals surface area contributed by atoms with Crippen molar-refractivity contribution in [2.75, 3.05) is 0 Å². The van der Waals surface area contributed by atoms with Crippen LogP contribution in [0, 0.1) is 0 Å². The molecule has 1 heterocycles. The summed E-state index contributed by atoms with van der Waals surface area (Å²) in [7, 11) is 0. The SMILES string of the molecule is CCCn1nccc1C(O)c1ccc(OC(C)C)cc1. The Labute approximate surface area is 120 Å². The average molecular weight is 274 g/mol. The molecule has 4 nitrogen and oxygen atoms in total. The first-order valence-electron chi connectivity index (χ1n) is 7.08. The smallest absolute Gasteiger partial charge is 0.121 e. The Morgan fingerprint density at radius 3 is 2.50 bits per heavy atom. The highest BCUT2D eigenvalue weighted by atomic mass is 16.5. The molecule has 108 valence electrons. The van der Waals surface area contributed by atoms with Crippen molar-refractivity contribution in [3.8, 4) is 5.75 Å². The van der Waals surface area contributed by atoms with Crippen molar-refractivity contribution in [1.29, 1.82) is 0 Å². The highest BCUT2D eigenvalue weighted by molar-refractivity contribution is 5.32. The summed E-state index contributed by atoms with van der Waals surface area (Å²) in [5, 5.41) is 14.7. The normalized spacial score (nSPS) is 12.7. The Morgan fingerprint density at radius 2 is 1.90 bits per heavy atom. The molecule has 0 saturated carbocycles. The van der Waals surface area contributed by atoms with E-state index in [0.29, 0.717) is 0 Å². The lowest BCUT2D eigenvalue weighted by Gasteiger charge is -2.15. The van der Waals surface area contributed by atoms with Crippen molar-refractivity contribution in [3.63, 3.8) is 0 Å². The zero-order valence-electron chi connectivity index (χ0n) is 12.3. The quantitative estimate of drug-likeness (QED) is 0.880. The van der Waals surface area contributed by atoms with Crippen molar-refractivity contribution in [2.45, 2.75) is 45.9 Å². The van der Waals surface area contributed by atoms with Crippen molar-refractivity contribution in [2.24, 2.45) is 0 Å². The zero-order chi connectivity index (χ0) is 14.5. The molecular weight excluding hydrogens is 252 g/mol. The van der Waals surface area contributed by atoms with Gasteiger partial charge in [-0.3, -0.25) is 4.68 Å². The van der Waals surface area contributed by atoms with Crippen molar-refractivity contribution < 1.29 is 9.84 Å². The van der Waals surface area contributed by atoms with Gasteiger partial charge in [-0.1, -0.05) is 19.1 Å². The van der Waals surface area contributed by atoms with Gasteiger partial charge in [-0.15, -0.1) is 0 Å². The number of hydrogen-bond donors (Lipinski definition) is 1. The molecule has 1 aromatic carbocycles. The molecule has 1 aromatic heterocycles. The predicted molar refractivity (Wildman–Crippen MR) is 78.8 cm³/mol. The van der Waals surface area contributed by atoms with Gasteiger partial charge in [0.25, 0.3) is 0 Å². The van der Waals surface area contributed by atoms with Gasteiger partial charge in [-0.2, -0.15) is 5.10 Å². The average Bonchev–Trinajstić information content (AvgIpc) is 2.87. The number of aryl methyl sites for hydroxylation is 1. The lowest BCUT2D eigenvalue weighted by Crippen LogP contribution is -2.10. The number of rotatable bonds is 6. The third-order valence-electron chi connectivity index (χ3n) is 3.03. The Balaban J connectivity index is 2.16. The minimum atomic E-state index is -0.655. The van der Waals surface area contributed by atoms with Gasteiger partial charge in [0.1, 0.15) is 11.9 Å². The van der Waals surface area contributed by atoms with Crippen molar-refractivity contribution >= 4 is 0 Å². The van der Waals surface area contributed by atoms with Gasteiger partial charge in [0.2, 0.25) is 0 Å². The van der Waals surface area contributed by atoms with E-state index in [1.807, 2.05) is 48.9 Å². The number of aliphatic hydroxyl groups is 1. The first-order chi connectivity index (χ1) is 9.61. The number of aliphatic hydroxyl groups excluding tert-OH is 1. The lowest BCUT2D eigenvalue weighted by molar-refractivity contribution is 0.207. The molecule has 0 aliphatic rings. The van der Waals surface area contributed by atoms with Crippen LogP contribution in [0.3, 0.4) is 0 Å². The molecule has 0 radical (unpaired) electrons. The molecule has 0 fully saturated rings. The molecule has 2 rings (SSSR count). The summed E-state index contributed by atoms with van der Waals surface area (Å²) < 4.78 is 7.45. The molecule has 4 heteroatoms. The van der Waals surface area contributed by atoms with E-state index in [0.717, 1.165) is 30.0 Å². The summed E-state index contributed by atoms with van der Waals surface area (Å²) in [5.41, 5.74) is 1.67. The Morgan fingerprint density at radius 1 is 1.20 bits per heavy atom. The van der Waals surface area contributed by atoms with E-state index in [1.54, 1.807) is 6.20 Å². The van der Waals surface area contributed by atoms with Crippen LogP contribution in [0.2, 0.25) is 0 Å². The molecule has 0 spiro atoms. The third-order valence-corrected chi connectivity index (χ3v) is 3.03. The van der Waals surface area contributed by atoms with E-state index >= 15 is 0 Å². The fraction of sp³-hybridized carbons (Fsp3) is 0.438. The van der Waals surface area contributed by atoms with E-state index in [9.17, 15) is 5.11 Å². The fourth-order valence-electron chi connectivity index (χ4n) is 2.15. The largest absolute Gasteiger partial charge is 0.491 e. The number of ether oxygens (including phenoxy) is 1. The number of benzene rings is 1. The molecule has 1 N–H and O–H groups in total. The minimum Gasteiger partial charge on any atom is -0.491 e. The highest BCUT2D eigenvalue weighted by Gasteiger charge is 2.15. The molecule has 1 unspecified atom stereocenters. The summed E-state index contributed by atoms with van der Waals surface area (Å²) in [6.07, 6.45) is 2.21. The molecule has 0 saturated heterocycles. The monoisotopic (exact) mass is 274 g/mol. The predicted octanol–water partition coefficient (Wildman–Crippen LogP) is 3.16. The van der Waals surface area contributed by atoms with Crippen LogP contribution in [0.5, 0.6) is 5.75 Å². The second-order valence-electron chi connectivity index (χ2n) is 5.12. The van der Waals surface area contributed by atoms with Gasteiger partial charge in [0.15, 0.2) is 0 Å². The van der Waals surface area contributed by atoms with Gasteiger partial charge in [0.05, 0.1) is 11.8 Å². The third kappa shape index (κ3) is 3.39. The van der Waals surface area contributed by atoms with Crippen LogP contribution in [0.4, 0.5) is 0 Å². The van der Waals surface area contributed by atoms with Gasteiger partial charge in [0, 0.05) is 12.7 Å². The fourth-order valence-corrected chi connectivity index (χ4v) is 2.15. The molecule has 1 atom stereocenters. The van der Waals surface area contributed by atoms with E-state index in [1.165, 1.54) is 0 Å². The summed E-state index contributed by atoms with van der Waals surface area (Å²) in [4.78, 5) is 0. The maximum Gasteiger partial charge on any atom is 0.121 e. The zero-order valence-corrected chi connectivity index (χ0v) is 12.3. The minimum absolute atomic E-state index is 0.150. The Hall–Kier alpha value is -1.81.